The van der Waals surface area contributed by atoms with E-state index >= 15 is 0 Å². The van der Waals surface area contributed by atoms with Crippen molar-refractivity contribution in [3.05, 3.63) is 29.8 Å². The topological polar surface area (TPSA) is 50.4 Å². The molecule has 0 radical (unpaired) electrons. The predicted octanol–water partition coefficient (Wildman–Crippen LogP) is 2.62. The summed E-state index contributed by atoms with van der Waals surface area (Å²) in [6.45, 7) is 1.35. The summed E-state index contributed by atoms with van der Waals surface area (Å²) in [4.78, 5) is 11.8. The number of rotatable bonds is 7. The molecule has 1 aliphatic rings. The van der Waals surface area contributed by atoms with Gasteiger partial charge in [0.25, 0.3) is 0 Å². The van der Waals surface area contributed by atoms with Crippen LogP contribution in [0.4, 0.5) is 0 Å². The predicted molar refractivity (Wildman–Crippen MR) is 84.3 cm³/mol. The minimum absolute atomic E-state index is 0.106. The van der Waals surface area contributed by atoms with Crippen LogP contribution in [0.1, 0.15) is 44.1 Å². The van der Waals surface area contributed by atoms with Crippen LogP contribution in [-0.2, 0) is 11.3 Å². The summed E-state index contributed by atoms with van der Waals surface area (Å²) in [7, 11) is 1.65. The lowest BCUT2D eigenvalue weighted by molar-refractivity contribution is -0.121. The molecule has 0 aliphatic heterocycles. The van der Waals surface area contributed by atoms with Crippen molar-refractivity contribution in [3.63, 3.8) is 0 Å². The molecule has 1 aromatic rings. The molecular formula is C17H26N2O2. The van der Waals surface area contributed by atoms with Crippen molar-refractivity contribution in [2.24, 2.45) is 0 Å². The van der Waals surface area contributed by atoms with E-state index in [1.807, 2.05) is 24.3 Å². The zero-order valence-electron chi connectivity index (χ0n) is 12.9. The summed E-state index contributed by atoms with van der Waals surface area (Å²) in [5.74, 6) is 0.941. The molecule has 0 heterocycles. The fourth-order valence-corrected chi connectivity index (χ4v) is 2.73. The van der Waals surface area contributed by atoms with Crippen molar-refractivity contribution in [1.29, 1.82) is 0 Å². The molecule has 0 saturated heterocycles. The Hall–Kier alpha value is -1.55. The molecule has 0 atom stereocenters. The van der Waals surface area contributed by atoms with Gasteiger partial charge in [-0.2, -0.15) is 0 Å². The van der Waals surface area contributed by atoms with E-state index in [4.69, 9.17) is 4.74 Å². The average Bonchev–Trinajstić information content (AvgIpc) is 2.54. The number of ether oxygens (including phenoxy) is 1. The van der Waals surface area contributed by atoms with Crippen LogP contribution in [0.15, 0.2) is 24.3 Å². The first-order valence-electron chi connectivity index (χ1n) is 7.91. The Labute approximate surface area is 127 Å². The third-order valence-electron chi connectivity index (χ3n) is 4.04. The van der Waals surface area contributed by atoms with E-state index in [1.54, 1.807) is 7.11 Å². The largest absolute Gasteiger partial charge is 0.497 e. The number of carbonyl (C=O) groups excluding carboxylic acids is 1. The zero-order chi connectivity index (χ0) is 14.9. The van der Waals surface area contributed by atoms with Gasteiger partial charge in [0, 0.05) is 25.6 Å². The number of hydrogen-bond acceptors (Lipinski definition) is 3. The average molecular weight is 290 g/mol. The Morgan fingerprint density at radius 2 is 1.90 bits per heavy atom. The fourth-order valence-electron chi connectivity index (χ4n) is 2.73. The summed E-state index contributed by atoms with van der Waals surface area (Å²) in [6.07, 6.45) is 7.07. The van der Waals surface area contributed by atoms with Gasteiger partial charge in [0.05, 0.1) is 7.11 Å². The maximum atomic E-state index is 11.8. The number of nitrogens with one attached hydrogen (secondary N) is 2. The molecular weight excluding hydrogens is 264 g/mol. The maximum absolute atomic E-state index is 11.8. The van der Waals surface area contributed by atoms with Crippen molar-refractivity contribution in [3.8, 4) is 5.75 Å². The molecule has 0 aromatic heterocycles. The van der Waals surface area contributed by atoms with Crippen molar-refractivity contribution in [2.45, 2.75) is 51.1 Å². The highest BCUT2D eigenvalue weighted by atomic mass is 16.5. The first-order valence-corrected chi connectivity index (χ1v) is 7.91. The molecule has 2 rings (SSSR count). The Morgan fingerprint density at radius 1 is 1.19 bits per heavy atom. The molecule has 4 nitrogen and oxygen atoms in total. The molecule has 21 heavy (non-hydrogen) atoms. The van der Waals surface area contributed by atoms with Gasteiger partial charge in [0.2, 0.25) is 5.91 Å². The second kappa shape index (κ2) is 8.67. The molecule has 1 aliphatic carbocycles. The van der Waals surface area contributed by atoms with Crippen LogP contribution in [0.2, 0.25) is 0 Å². The SMILES string of the molecule is COc1ccc(CNC(=O)CCNC2CCCCC2)cc1. The lowest BCUT2D eigenvalue weighted by atomic mass is 9.95. The Kier molecular flexibility index (Phi) is 6.54. The van der Waals surface area contributed by atoms with Gasteiger partial charge in [-0.15, -0.1) is 0 Å². The lowest BCUT2D eigenvalue weighted by Crippen LogP contribution is -2.34. The van der Waals surface area contributed by atoms with E-state index in [1.165, 1.54) is 32.1 Å². The standard InChI is InChI=1S/C17H26N2O2/c1-21-16-9-7-14(8-10-16)13-19-17(20)11-12-18-15-5-3-2-4-6-15/h7-10,15,18H,2-6,11-13H2,1H3,(H,19,20). The quantitative estimate of drug-likeness (QED) is 0.811. The lowest BCUT2D eigenvalue weighted by Gasteiger charge is -2.22. The fraction of sp³-hybridized carbons (Fsp3) is 0.588. The van der Waals surface area contributed by atoms with E-state index in [-0.39, 0.29) is 5.91 Å². The Bertz CT molecular complexity index is 425. The number of methoxy groups -OCH3 is 1. The minimum atomic E-state index is 0.106. The van der Waals surface area contributed by atoms with Crippen LogP contribution in [0.3, 0.4) is 0 Å². The Balaban J connectivity index is 1.60. The zero-order valence-corrected chi connectivity index (χ0v) is 12.9. The van der Waals surface area contributed by atoms with Gasteiger partial charge in [-0.1, -0.05) is 31.4 Å². The second-order valence-electron chi connectivity index (χ2n) is 5.66. The van der Waals surface area contributed by atoms with Crippen molar-refractivity contribution >= 4 is 5.91 Å². The van der Waals surface area contributed by atoms with Gasteiger partial charge >= 0.3 is 0 Å². The van der Waals surface area contributed by atoms with Gasteiger partial charge in [-0.25, -0.2) is 0 Å². The van der Waals surface area contributed by atoms with Crippen LogP contribution < -0.4 is 15.4 Å². The van der Waals surface area contributed by atoms with E-state index < -0.39 is 0 Å². The molecule has 0 spiro atoms. The summed E-state index contributed by atoms with van der Waals surface area (Å²) in [6, 6.07) is 8.38. The van der Waals surface area contributed by atoms with Crippen LogP contribution in [0, 0.1) is 0 Å². The van der Waals surface area contributed by atoms with Gasteiger partial charge < -0.3 is 15.4 Å². The highest BCUT2D eigenvalue weighted by Gasteiger charge is 2.12. The maximum Gasteiger partial charge on any atom is 0.221 e. The van der Waals surface area contributed by atoms with E-state index in [0.29, 0.717) is 19.0 Å². The van der Waals surface area contributed by atoms with Crippen LogP contribution >= 0.6 is 0 Å². The summed E-state index contributed by atoms with van der Waals surface area (Å²) >= 11 is 0. The molecule has 0 unspecified atom stereocenters. The monoisotopic (exact) mass is 290 g/mol. The first-order chi connectivity index (χ1) is 10.3. The normalized spacial score (nSPS) is 15.7. The summed E-state index contributed by atoms with van der Waals surface area (Å²) in [5, 5.41) is 6.44. The van der Waals surface area contributed by atoms with Crippen molar-refractivity contribution in [2.75, 3.05) is 13.7 Å². The molecule has 0 bridgehead atoms. The Morgan fingerprint density at radius 3 is 2.57 bits per heavy atom. The molecule has 116 valence electrons. The summed E-state index contributed by atoms with van der Waals surface area (Å²) < 4.78 is 5.11. The molecule has 1 fully saturated rings. The van der Waals surface area contributed by atoms with Crippen molar-refractivity contribution in [1.82, 2.24) is 10.6 Å². The molecule has 1 amide bonds. The van der Waals surface area contributed by atoms with E-state index in [0.717, 1.165) is 17.9 Å². The third kappa shape index (κ3) is 5.76. The molecule has 1 aromatic carbocycles. The van der Waals surface area contributed by atoms with E-state index in [9.17, 15) is 4.79 Å². The minimum Gasteiger partial charge on any atom is -0.497 e. The van der Waals surface area contributed by atoms with E-state index in [2.05, 4.69) is 10.6 Å². The summed E-state index contributed by atoms with van der Waals surface area (Å²) in [5.41, 5.74) is 1.09. The third-order valence-corrected chi connectivity index (χ3v) is 4.04. The van der Waals surface area contributed by atoms with Gasteiger partial charge in [0.1, 0.15) is 5.75 Å². The van der Waals surface area contributed by atoms with Gasteiger partial charge in [-0.05, 0) is 30.5 Å². The number of benzene rings is 1. The van der Waals surface area contributed by atoms with Crippen LogP contribution in [-0.4, -0.2) is 25.6 Å². The van der Waals surface area contributed by atoms with Gasteiger partial charge in [0.15, 0.2) is 0 Å². The second-order valence-corrected chi connectivity index (χ2v) is 5.66. The number of amides is 1. The smallest absolute Gasteiger partial charge is 0.221 e. The number of hydrogen-bond donors (Lipinski definition) is 2. The first kappa shape index (κ1) is 15.8. The van der Waals surface area contributed by atoms with Gasteiger partial charge in [-0.3, -0.25) is 4.79 Å². The number of carbonyl (C=O) groups is 1. The van der Waals surface area contributed by atoms with Crippen LogP contribution in [0.5, 0.6) is 5.75 Å². The molecule has 2 N–H and O–H groups in total. The highest BCUT2D eigenvalue weighted by molar-refractivity contribution is 5.76. The molecule has 4 heteroatoms. The van der Waals surface area contributed by atoms with Crippen molar-refractivity contribution < 1.29 is 9.53 Å². The van der Waals surface area contributed by atoms with Crippen LogP contribution in [0.25, 0.3) is 0 Å². The molecule has 1 saturated carbocycles. The highest BCUT2D eigenvalue weighted by Crippen LogP contribution is 2.17.